The molecular weight excluding hydrogens is 1050 g/mol. The van der Waals surface area contributed by atoms with E-state index in [1.54, 1.807) is 0 Å². The molecule has 0 aromatic heterocycles. The van der Waals surface area contributed by atoms with Crippen molar-refractivity contribution in [1.29, 1.82) is 0 Å². The number of rotatable bonds is 59. The standard InChI is InChI=1S/C73H118NO8P/c1-3-5-7-9-11-13-15-17-19-21-23-25-27-28-29-30-31-32-33-34-35-36-37-38-39-40-41-42-44-46-48-50-52-54-56-58-60-62-64-66-73(76)82-71(70-81-83(77,78)80-68-67-74)69-79-72(75)65-63-61-59-57-55-53-51-49-47-45-43-26-24-22-20-18-16-14-12-10-8-6-4-2/h5-8,11-14,17-20,23-26,28-29,31-32,34-35,37-38,45,47,51,53,71H,3-4,9-10,15-16,21-22,27,30,33,36,39-44,46,48-50,52,54-70,74H2,1-2H3,(H,77,78)/b7-5-,8-6-,13-11-,14-12-,19-17-,20-18-,25-23-,26-24-,29-28-,32-31-,35-34-,38-37-,47-45-,53-51-. The van der Waals surface area contributed by atoms with E-state index in [1.165, 1.54) is 70.6 Å². The molecule has 0 fully saturated rings. The van der Waals surface area contributed by atoms with Gasteiger partial charge in [0.15, 0.2) is 6.10 Å². The molecule has 0 spiro atoms. The Morgan fingerprint density at radius 2 is 0.627 bits per heavy atom. The first-order valence-electron chi connectivity index (χ1n) is 32.6. The van der Waals surface area contributed by atoms with Crippen LogP contribution in [0, 0.1) is 0 Å². The molecule has 0 heterocycles. The maximum absolute atomic E-state index is 12.7. The van der Waals surface area contributed by atoms with E-state index in [2.05, 4.69) is 184 Å². The van der Waals surface area contributed by atoms with Crippen molar-refractivity contribution in [1.82, 2.24) is 0 Å². The third-order valence-electron chi connectivity index (χ3n) is 13.1. The first-order chi connectivity index (χ1) is 40.8. The van der Waals surface area contributed by atoms with Crippen LogP contribution in [0.5, 0.6) is 0 Å². The van der Waals surface area contributed by atoms with Gasteiger partial charge in [-0.3, -0.25) is 18.6 Å². The fourth-order valence-corrected chi connectivity index (χ4v) is 9.13. The van der Waals surface area contributed by atoms with Crippen molar-refractivity contribution >= 4 is 19.8 Å². The van der Waals surface area contributed by atoms with Crippen molar-refractivity contribution in [2.24, 2.45) is 5.73 Å². The summed E-state index contributed by atoms with van der Waals surface area (Å²) in [4.78, 5) is 35.3. The molecule has 2 atom stereocenters. The number of unbranched alkanes of at least 4 members (excludes halogenated alkanes) is 18. The first-order valence-corrected chi connectivity index (χ1v) is 34.1. The van der Waals surface area contributed by atoms with E-state index in [-0.39, 0.29) is 32.6 Å². The molecule has 3 N–H and O–H groups in total. The molecule has 0 saturated carbocycles. The summed E-state index contributed by atoms with van der Waals surface area (Å²) in [6.07, 6.45) is 98.5. The fraction of sp³-hybridized carbons (Fsp3) is 0.589. The van der Waals surface area contributed by atoms with E-state index in [9.17, 15) is 19.0 Å². The quantitative estimate of drug-likeness (QED) is 0.0264. The number of nitrogens with two attached hydrogens (primary N) is 1. The summed E-state index contributed by atoms with van der Waals surface area (Å²) >= 11 is 0. The van der Waals surface area contributed by atoms with Crippen molar-refractivity contribution in [3.63, 3.8) is 0 Å². The van der Waals surface area contributed by atoms with Gasteiger partial charge < -0.3 is 20.1 Å². The minimum atomic E-state index is -4.41. The average molecular weight is 1170 g/mol. The molecular formula is C73H118NO8P. The molecule has 468 valence electrons. The van der Waals surface area contributed by atoms with Gasteiger partial charge in [-0.05, 0) is 128 Å². The lowest BCUT2D eigenvalue weighted by Crippen LogP contribution is -2.29. The summed E-state index contributed by atoms with van der Waals surface area (Å²) in [5, 5.41) is 0. The Kier molecular flexibility index (Phi) is 62.8. The monoisotopic (exact) mass is 1170 g/mol. The van der Waals surface area contributed by atoms with Crippen LogP contribution in [0.2, 0.25) is 0 Å². The van der Waals surface area contributed by atoms with Crippen molar-refractivity contribution < 1.29 is 37.6 Å². The predicted molar refractivity (Wildman–Crippen MR) is 357 cm³/mol. The second-order valence-corrected chi connectivity index (χ2v) is 22.3. The summed E-state index contributed by atoms with van der Waals surface area (Å²) in [5.41, 5.74) is 5.39. The molecule has 0 aliphatic heterocycles. The molecule has 0 radical (unpaired) electrons. The highest BCUT2D eigenvalue weighted by Gasteiger charge is 2.26. The van der Waals surface area contributed by atoms with Gasteiger partial charge in [-0.1, -0.05) is 274 Å². The van der Waals surface area contributed by atoms with Crippen LogP contribution in [0.1, 0.15) is 245 Å². The molecule has 0 amide bonds. The van der Waals surface area contributed by atoms with Crippen molar-refractivity contribution in [2.45, 2.75) is 251 Å². The van der Waals surface area contributed by atoms with Crippen molar-refractivity contribution in [2.75, 3.05) is 26.4 Å². The van der Waals surface area contributed by atoms with Crippen LogP contribution in [0.15, 0.2) is 170 Å². The predicted octanol–water partition coefficient (Wildman–Crippen LogP) is 21.4. The van der Waals surface area contributed by atoms with Crippen LogP contribution in [0.25, 0.3) is 0 Å². The number of carbonyl (C=O) groups excluding carboxylic acids is 2. The van der Waals surface area contributed by atoms with E-state index in [0.29, 0.717) is 12.8 Å². The highest BCUT2D eigenvalue weighted by Crippen LogP contribution is 2.43. The summed E-state index contributed by atoms with van der Waals surface area (Å²) in [6.45, 7) is 3.47. The van der Waals surface area contributed by atoms with Gasteiger partial charge in [0.05, 0.1) is 13.2 Å². The molecule has 0 rings (SSSR count). The zero-order valence-corrected chi connectivity index (χ0v) is 53.3. The number of hydrogen-bond acceptors (Lipinski definition) is 8. The van der Waals surface area contributed by atoms with Gasteiger partial charge in [-0.25, -0.2) is 4.57 Å². The van der Waals surface area contributed by atoms with E-state index in [1.807, 2.05) is 0 Å². The first kappa shape index (κ1) is 78.4. The van der Waals surface area contributed by atoms with Gasteiger partial charge in [-0.15, -0.1) is 0 Å². The molecule has 10 heteroatoms. The second kappa shape index (κ2) is 66.5. The smallest absolute Gasteiger partial charge is 0.462 e. The maximum atomic E-state index is 12.7. The van der Waals surface area contributed by atoms with Gasteiger partial charge in [0.25, 0.3) is 0 Å². The Bertz CT molecular complexity index is 1960. The van der Waals surface area contributed by atoms with Gasteiger partial charge >= 0.3 is 19.8 Å². The highest BCUT2D eigenvalue weighted by atomic mass is 31.2. The molecule has 9 nitrogen and oxygen atoms in total. The SMILES string of the molecule is CC/C=C\C/C=C\C/C=C\C/C=C\C/C=C\C/C=C\C/C=C\C/C=C\CCCCCCCCCCCCCCCCC(=O)OC(COC(=O)CCCCCC/C=C\C/C=C\C/C=C\C/C=C\C/C=C\C/C=C\CC)COP(=O)(O)OCCN. The van der Waals surface area contributed by atoms with Gasteiger partial charge in [0.1, 0.15) is 6.61 Å². The molecule has 0 aromatic rings. The number of ether oxygens (including phenoxy) is 2. The topological polar surface area (TPSA) is 134 Å². The summed E-state index contributed by atoms with van der Waals surface area (Å²) in [7, 11) is -4.41. The van der Waals surface area contributed by atoms with Crippen LogP contribution >= 0.6 is 7.82 Å². The minimum Gasteiger partial charge on any atom is -0.462 e. The largest absolute Gasteiger partial charge is 0.472 e. The lowest BCUT2D eigenvalue weighted by atomic mass is 10.0. The third-order valence-corrected chi connectivity index (χ3v) is 14.1. The molecule has 0 aliphatic carbocycles. The Balaban J connectivity index is 3.98. The Morgan fingerprint density at radius 3 is 0.928 bits per heavy atom. The summed E-state index contributed by atoms with van der Waals surface area (Å²) in [6, 6.07) is 0. The zero-order valence-electron chi connectivity index (χ0n) is 52.4. The number of allylic oxidation sites excluding steroid dienone is 28. The van der Waals surface area contributed by atoms with Crippen LogP contribution in [0.4, 0.5) is 0 Å². The van der Waals surface area contributed by atoms with Crippen LogP contribution < -0.4 is 5.73 Å². The van der Waals surface area contributed by atoms with E-state index < -0.39 is 32.5 Å². The normalized spacial score (nSPS) is 14.1. The van der Waals surface area contributed by atoms with E-state index in [0.717, 1.165) is 135 Å². The Morgan fingerprint density at radius 1 is 0.361 bits per heavy atom. The molecule has 0 aliphatic rings. The molecule has 2 unspecified atom stereocenters. The average Bonchev–Trinajstić information content (AvgIpc) is 3.48. The number of esters is 2. The van der Waals surface area contributed by atoms with Crippen molar-refractivity contribution in [3.8, 4) is 0 Å². The lowest BCUT2D eigenvalue weighted by molar-refractivity contribution is -0.161. The number of carbonyl (C=O) groups is 2. The van der Waals surface area contributed by atoms with Crippen LogP contribution in [-0.4, -0.2) is 49.3 Å². The lowest BCUT2D eigenvalue weighted by Gasteiger charge is -2.19. The highest BCUT2D eigenvalue weighted by molar-refractivity contribution is 7.47. The molecule has 0 aromatic carbocycles. The van der Waals surface area contributed by atoms with Crippen LogP contribution in [0.3, 0.4) is 0 Å². The van der Waals surface area contributed by atoms with Gasteiger partial charge in [-0.2, -0.15) is 0 Å². The number of hydrogen-bond donors (Lipinski definition) is 2. The van der Waals surface area contributed by atoms with Gasteiger partial charge in [0.2, 0.25) is 0 Å². The Labute approximate surface area is 508 Å². The minimum absolute atomic E-state index is 0.0413. The molecule has 0 bridgehead atoms. The third kappa shape index (κ3) is 66.4. The number of phosphoric acid groups is 1. The number of phosphoric ester groups is 1. The Hall–Kier alpha value is -4.63. The molecule has 0 saturated heterocycles. The molecule has 83 heavy (non-hydrogen) atoms. The summed E-state index contributed by atoms with van der Waals surface area (Å²) in [5.74, 6) is -0.866. The second-order valence-electron chi connectivity index (χ2n) is 20.9. The zero-order chi connectivity index (χ0) is 60.1. The van der Waals surface area contributed by atoms with E-state index in [4.69, 9.17) is 24.3 Å². The van der Waals surface area contributed by atoms with E-state index >= 15 is 0 Å². The van der Waals surface area contributed by atoms with Crippen molar-refractivity contribution in [3.05, 3.63) is 170 Å². The van der Waals surface area contributed by atoms with Crippen LogP contribution in [-0.2, 0) is 32.7 Å². The maximum Gasteiger partial charge on any atom is 0.472 e. The summed E-state index contributed by atoms with van der Waals surface area (Å²) < 4.78 is 33.1. The fourth-order valence-electron chi connectivity index (χ4n) is 8.36. The van der Waals surface area contributed by atoms with Gasteiger partial charge in [0, 0.05) is 19.4 Å².